The van der Waals surface area contributed by atoms with Gasteiger partial charge in [0.25, 0.3) is 0 Å². The summed E-state index contributed by atoms with van der Waals surface area (Å²) < 4.78 is 225. The molecular formula is C73H92Br4F12N8O20. The number of hydrogen-bond donors (Lipinski definition) is 8. The van der Waals surface area contributed by atoms with Gasteiger partial charge in [0.2, 0.25) is 0 Å². The third kappa shape index (κ3) is 43.4. The van der Waals surface area contributed by atoms with Crippen molar-refractivity contribution in [2.45, 2.75) is 127 Å². The van der Waals surface area contributed by atoms with E-state index in [4.69, 9.17) is 56.8 Å². The van der Waals surface area contributed by atoms with Crippen molar-refractivity contribution in [1.82, 2.24) is 42.5 Å². The molecule has 117 heavy (non-hydrogen) atoms. The summed E-state index contributed by atoms with van der Waals surface area (Å²) in [6.07, 6.45) is -27.6. The lowest BCUT2D eigenvalue weighted by Gasteiger charge is -2.33. The van der Waals surface area contributed by atoms with Crippen molar-refractivity contribution >= 4 is 112 Å². The largest absolute Gasteiger partial charge is 0.471 e. The molecule has 28 nitrogen and oxygen atoms in total. The van der Waals surface area contributed by atoms with Crippen LogP contribution in [0.5, 0.6) is 0 Å². The van der Waals surface area contributed by atoms with E-state index in [-0.39, 0.29) is 209 Å². The second-order valence-corrected chi connectivity index (χ2v) is 28.4. The van der Waals surface area contributed by atoms with E-state index in [0.717, 1.165) is 0 Å². The van der Waals surface area contributed by atoms with Gasteiger partial charge >= 0.3 is 72.7 Å². The minimum Gasteiger partial charge on any atom is -0.450 e. The van der Waals surface area contributed by atoms with E-state index < -0.39 is 103 Å². The summed E-state index contributed by atoms with van der Waals surface area (Å²) in [5.41, 5.74) is 0.937. The van der Waals surface area contributed by atoms with Crippen LogP contribution in [0, 0.1) is 5.41 Å². The topological polar surface area (TPSA) is 344 Å². The zero-order valence-corrected chi connectivity index (χ0v) is 69.2. The number of alkyl carbamates (subject to hydrolysis) is 4. The second kappa shape index (κ2) is 55.4. The lowest BCUT2D eigenvalue weighted by Crippen LogP contribution is -2.37. The normalized spacial score (nSPS) is 13.3. The quantitative estimate of drug-likeness (QED) is 0.00881. The molecule has 656 valence electrons. The Morgan fingerprint density at radius 3 is 0.581 bits per heavy atom. The molecule has 0 aromatic heterocycles. The van der Waals surface area contributed by atoms with Crippen LogP contribution in [-0.4, -0.2) is 204 Å². The molecule has 4 unspecified atom stereocenters. The summed E-state index contributed by atoms with van der Waals surface area (Å²) in [4.78, 5) is 98.6. The molecule has 0 aliphatic heterocycles. The highest BCUT2D eigenvalue weighted by Crippen LogP contribution is 2.37. The first-order valence-corrected chi connectivity index (χ1v) is 39.7. The van der Waals surface area contributed by atoms with E-state index in [1.165, 1.54) is 0 Å². The van der Waals surface area contributed by atoms with Crippen LogP contribution in [0.3, 0.4) is 0 Å². The fraction of sp³-hybridized carbons (Fsp3) is 0.562. The van der Waals surface area contributed by atoms with Gasteiger partial charge in [0, 0.05) is 92.5 Å². The summed E-state index contributed by atoms with van der Waals surface area (Å²) >= 11 is 13.7. The van der Waals surface area contributed by atoms with Gasteiger partial charge in [-0.25, -0.2) is 19.2 Å². The molecule has 0 saturated heterocycles. The number of amides is 8. The molecule has 8 amide bonds. The van der Waals surface area contributed by atoms with Gasteiger partial charge in [-0.2, -0.15) is 52.7 Å². The Morgan fingerprint density at radius 2 is 0.419 bits per heavy atom. The molecule has 4 aromatic carbocycles. The van der Waals surface area contributed by atoms with Crippen LogP contribution in [0.2, 0.25) is 0 Å². The number of benzene rings is 4. The maximum absolute atomic E-state index is 13.4. The number of hydrogen-bond acceptors (Lipinski definition) is 20. The van der Waals surface area contributed by atoms with Crippen molar-refractivity contribution in [3.05, 3.63) is 137 Å². The Hall–Kier alpha value is -7.40. The highest BCUT2D eigenvalue weighted by Gasteiger charge is 2.41. The van der Waals surface area contributed by atoms with Gasteiger partial charge in [0.15, 0.2) is 25.2 Å². The third-order valence-corrected chi connectivity index (χ3v) is 19.0. The Bertz CT molecular complexity index is 3180. The molecule has 0 aliphatic carbocycles. The number of carbonyl (C=O) groups is 8. The zero-order chi connectivity index (χ0) is 86.1. The van der Waals surface area contributed by atoms with Crippen LogP contribution in [0.15, 0.2) is 115 Å². The number of carbonyl (C=O) groups excluding carboxylic acids is 8. The predicted molar refractivity (Wildman–Crippen MR) is 407 cm³/mol. The van der Waals surface area contributed by atoms with Gasteiger partial charge in [-0.3, -0.25) is 19.2 Å². The minimum atomic E-state index is -5.07. The molecule has 44 heteroatoms. The molecule has 0 aliphatic rings. The predicted octanol–water partition coefficient (Wildman–Crippen LogP) is 14.3. The fourth-order valence-corrected chi connectivity index (χ4v) is 11.9. The smallest absolute Gasteiger partial charge is 0.450 e. The Kier molecular flexibility index (Phi) is 48.3. The molecule has 4 aromatic rings. The molecule has 8 N–H and O–H groups in total. The molecular weight excluding hydrogens is 1860 g/mol. The lowest BCUT2D eigenvalue weighted by molar-refractivity contribution is -0.174. The maximum Gasteiger partial charge on any atom is 0.471 e. The van der Waals surface area contributed by atoms with E-state index in [9.17, 15) is 91.0 Å². The number of alkyl halides is 12. The standard InChI is InChI=1S/C73H92Br4F12N8O20/c74-53-21-5-1-17-49(53)57(106-37-9-29-90-61(98)70(78,79)80)110-41-13-33-94-65(102)114-45-25-69(26-46-115-66(103)95-34-14-42-111-58(50-18-2-6-22-54(50)75)107-38-10-30-91-62(99)71(81,82)83,27-47-116-67(104)96-35-15-43-112-59(51-19-3-7-23-55(51)76)108-39-11-31-92-63(100)72(84,85)86)28-48-117-68(105)97-36-16-44-113-60(52-20-4-8-24-56(52)77)109-40-12-32-93-64(101)73(87,88)89/h1-8,17-24,57-60H,9-16,25-48H2,(H,90,98)(H,91,99)(H,92,100)(H,93,101)(H,94,102)(H,95,103)(H,96,104)(H,97,105). The molecule has 4 rings (SSSR count). The second-order valence-electron chi connectivity index (χ2n) is 25.0. The highest BCUT2D eigenvalue weighted by molar-refractivity contribution is 9.11. The fourth-order valence-electron chi connectivity index (χ4n) is 10.0. The lowest BCUT2D eigenvalue weighted by atomic mass is 9.76. The van der Waals surface area contributed by atoms with E-state index in [0.29, 0.717) is 40.1 Å². The van der Waals surface area contributed by atoms with Crippen molar-refractivity contribution in [3.63, 3.8) is 0 Å². The van der Waals surface area contributed by atoms with Crippen molar-refractivity contribution in [3.8, 4) is 0 Å². The number of halogens is 16. The number of nitrogens with one attached hydrogen (secondary N) is 8. The Labute approximate surface area is 699 Å². The SMILES string of the molecule is O=C(NCCCOC(OCCCNC(=O)C(F)(F)F)c1ccccc1Br)OCCC(CCOC(=O)NCCCOC(OCCCNC(=O)C(F)(F)F)c1ccccc1Br)(CCOC(=O)NCCCOC(OCCCNC(=O)C(F)(F)F)c1ccccc1Br)CCOC(=O)NCCCOC(OCCCNC(=O)C(F)(F)F)c1ccccc1Br. The van der Waals surface area contributed by atoms with Crippen molar-refractivity contribution < 1.29 is 148 Å². The molecule has 0 bridgehead atoms. The van der Waals surface area contributed by atoms with E-state index in [2.05, 4.69) is 85.0 Å². The average Bonchev–Trinajstić information content (AvgIpc) is 0.876. The molecule has 0 radical (unpaired) electrons. The zero-order valence-electron chi connectivity index (χ0n) is 62.9. The van der Waals surface area contributed by atoms with Crippen LogP contribution in [0.1, 0.15) is 124 Å². The summed E-state index contributed by atoms with van der Waals surface area (Å²) in [5, 5.41) is 17.5. The maximum atomic E-state index is 13.4. The number of ether oxygens (including phenoxy) is 12. The minimum absolute atomic E-state index is 0.00760. The van der Waals surface area contributed by atoms with Gasteiger partial charge in [-0.15, -0.1) is 0 Å². The summed E-state index contributed by atoms with van der Waals surface area (Å²) in [7, 11) is 0. The molecule has 0 fully saturated rings. The van der Waals surface area contributed by atoms with Crippen LogP contribution < -0.4 is 42.5 Å². The summed E-state index contributed by atoms with van der Waals surface area (Å²) in [6, 6.07) is 27.2. The van der Waals surface area contributed by atoms with Gasteiger partial charge < -0.3 is 99.4 Å². The molecule has 0 saturated carbocycles. The Morgan fingerprint density at radius 1 is 0.256 bits per heavy atom. The van der Waals surface area contributed by atoms with Crippen LogP contribution in [0.25, 0.3) is 0 Å². The van der Waals surface area contributed by atoms with Crippen LogP contribution in [0.4, 0.5) is 71.9 Å². The first-order chi connectivity index (χ1) is 55.6. The Balaban J connectivity index is 1.48. The molecule has 0 heterocycles. The van der Waals surface area contributed by atoms with Crippen molar-refractivity contribution in [1.29, 1.82) is 0 Å². The van der Waals surface area contributed by atoms with Gasteiger partial charge in [0.05, 0.1) is 79.3 Å². The van der Waals surface area contributed by atoms with Gasteiger partial charge in [-0.05, 0) is 107 Å². The van der Waals surface area contributed by atoms with E-state index in [1.807, 2.05) is 0 Å². The average molecular weight is 1950 g/mol. The third-order valence-electron chi connectivity index (χ3n) is 16.1. The van der Waals surface area contributed by atoms with Crippen molar-refractivity contribution in [2.75, 3.05) is 132 Å². The van der Waals surface area contributed by atoms with Gasteiger partial charge in [0.1, 0.15) is 0 Å². The van der Waals surface area contributed by atoms with E-state index in [1.54, 1.807) is 118 Å². The summed E-state index contributed by atoms with van der Waals surface area (Å²) in [5.74, 6) is -8.42. The van der Waals surface area contributed by atoms with Crippen molar-refractivity contribution in [2.24, 2.45) is 5.41 Å². The monoisotopic (exact) mass is 1940 g/mol. The molecule has 0 spiro atoms. The summed E-state index contributed by atoms with van der Waals surface area (Å²) in [6.45, 7) is -3.48. The van der Waals surface area contributed by atoms with Crippen LogP contribution >= 0.6 is 63.7 Å². The van der Waals surface area contributed by atoms with Crippen LogP contribution in [-0.2, 0) is 76.0 Å². The van der Waals surface area contributed by atoms with Gasteiger partial charge in [-0.1, -0.05) is 137 Å². The first-order valence-electron chi connectivity index (χ1n) is 36.5. The van der Waals surface area contributed by atoms with E-state index >= 15 is 0 Å². The highest BCUT2D eigenvalue weighted by atomic mass is 79.9. The molecule has 4 atom stereocenters. The number of rotatable bonds is 56. The first kappa shape index (κ1) is 102.